The molecular weight excluding hydrogens is 289 g/mol. The van der Waals surface area contributed by atoms with Crippen molar-refractivity contribution in [2.45, 2.75) is 19.4 Å². The first kappa shape index (κ1) is 13.9. The van der Waals surface area contributed by atoms with E-state index in [0.29, 0.717) is 5.02 Å². The van der Waals surface area contributed by atoms with Gasteiger partial charge in [-0.15, -0.1) is 0 Å². The van der Waals surface area contributed by atoms with Crippen LogP contribution in [0, 0.1) is 0 Å². The van der Waals surface area contributed by atoms with Crippen molar-refractivity contribution in [1.82, 2.24) is 4.90 Å². The normalized spacial score (nSPS) is 15.1. The van der Waals surface area contributed by atoms with Crippen molar-refractivity contribution in [2.75, 3.05) is 13.1 Å². The second-order valence-electron chi connectivity index (χ2n) is 5.26. The Labute approximate surface area is 130 Å². The number of benzene rings is 2. The lowest BCUT2D eigenvalue weighted by molar-refractivity contribution is 0.257. The molecule has 0 saturated carbocycles. The third-order valence-corrected chi connectivity index (χ3v) is 4.78. The third-order valence-electron chi connectivity index (χ3n) is 3.93. The van der Waals surface area contributed by atoms with E-state index in [2.05, 4.69) is 41.3 Å². The van der Waals surface area contributed by atoms with E-state index >= 15 is 0 Å². The molecule has 0 N–H and O–H groups in total. The Morgan fingerprint density at radius 3 is 2.60 bits per heavy atom. The van der Waals surface area contributed by atoms with Crippen LogP contribution in [0.25, 0.3) is 0 Å². The third kappa shape index (κ3) is 3.01. The molecule has 3 heteroatoms. The Morgan fingerprint density at radius 1 is 1.00 bits per heavy atom. The topological polar surface area (TPSA) is 3.24 Å². The maximum atomic E-state index is 6.34. The van der Waals surface area contributed by atoms with E-state index in [1.165, 1.54) is 16.7 Å². The van der Waals surface area contributed by atoms with Crippen molar-refractivity contribution in [2.24, 2.45) is 0 Å². The van der Waals surface area contributed by atoms with Gasteiger partial charge in [0.05, 0.1) is 10.0 Å². The van der Waals surface area contributed by atoms with Crippen molar-refractivity contribution < 1.29 is 0 Å². The highest BCUT2D eigenvalue weighted by molar-refractivity contribution is 6.42. The van der Waals surface area contributed by atoms with Gasteiger partial charge >= 0.3 is 0 Å². The summed E-state index contributed by atoms with van der Waals surface area (Å²) in [5, 5.41) is 1.39. The van der Waals surface area contributed by atoms with Gasteiger partial charge in [-0.25, -0.2) is 0 Å². The molecule has 1 aliphatic rings. The van der Waals surface area contributed by atoms with E-state index < -0.39 is 0 Å². The smallest absolute Gasteiger partial charge is 0.0640 e. The number of hydrogen-bond donors (Lipinski definition) is 0. The molecule has 104 valence electrons. The Hall–Kier alpha value is -1.02. The number of nitrogens with zero attached hydrogens (tertiary/aromatic N) is 1. The molecule has 0 aromatic heterocycles. The van der Waals surface area contributed by atoms with Crippen molar-refractivity contribution >= 4 is 23.2 Å². The lowest BCUT2D eigenvalue weighted by Crippen LogP contribution is -2.32. The summed E-state index contributed by atoms with van der Waals surface area (Å²) in [6, 6.07) is 14.6. The Bertz CT molecular complexity index is 595. The van der Waals surface area contributed by atoms with Crippen molar-refractivity contribution in [3.05, 3.63) is 69.2 Å². The van der Waals surface area contributed by atoms with Crippen LogP contribution < -0.4 is 0 Å². The fraction of sp³-hybridized carbons (Fsp3) is 0.294. The van der Waals surface area contributed by atoms with E-state index in [4.69, 9.17) is 23.2 Å². The first-order valence-corrected chi connectivity index (χ1v) is 7.71. The summed E-state index contributed by atoms with van der Waals surface area (Å²) < 4.78 is 0. The number of rotatable bonds is 3. The van der Waals surface area contributed by atoms with Gasteiger partial charge in [0.1, 0.15) is 0 Å². The summed E-state index contributed by atoms with van der Waals surface area (Å²) in [7, 11) is 0. The molecule has 0 aliphatic carbocycles. The van der Waals surface area contributed by atoms with E-state index in [-0.39, 0.29) is 0 Å². The molecule has 0 amide bonds. The van der Waals surface area contributed by atoms with Gasteiger partial charge < -0.3 is 0 Å². The maximum Gasteiger partial charge on any atom is 0.0640 e. The van der Waals surface area contributed by atoms with Crippen LogP contribution >= 0.6 is 23.2 Å². The fourth-order valence-corrected chi connectivity index (χ4v) is 3.16. The first-order valence-electron chi connectivity index (χ1n) is 6.96. The number of halogens is 2. The predicted molar refractivity (Wildman–Crippen MR) is 85.6 cm³/mol. The highest BCUT2D eigenvalue weighted by Crippen LogP contribution is 2.32. The van der Waals surface area contributed by atoms with Crippen LogP contribution in [-0.4, -0.2) is 18.0 Å². The molecule has 0 unspecified atom stereocenters. The van der Waals surface area contributed by atoms with E-state index in [1.807, 2.05) is 6.07 Å². The van der Waals surface area contributed by atoms with E-state index in [1.54, 1.807) is 0 Å². The molecule has 0 atom stereocenters. The molecule has 2 aromatic carbocycles. The molecule has 1 heterocycles. The first-order chi connectivity index (χ1) is 9.74. The van der Waals surface area contributed by atoms with Gasteiger partial charge in [-0.05, 0) is 35.6 Å². The zero-order valence-corrected chi connectivity index (χ0v) is 12.8. The van der Waals surface area contributed by atoms with Gasteiger partial charge in [0, 0.05) is 19.6 Å². The van der Waals surface area contributed by atoms with Crippen LogP contribution in [0.4, 0.5) is 0 Å². The van der Waals surface area contributed by atoms with E-state index in [0.717, 1.165) is 37.5 Å². The van der Waals surface area contributed by atoms with Gasteiger partial charge in [-0.3, -0.25) is 4.90 Å². The van der Waals surface area contributed by atoms with Crippen LogP contribution in [0.15, 0.2) is 42.5 Å². The predicted octanol–water partition coefficient (Wildman–Crippen LogP) is 4.59. The SMILES string of the molecule is Clc1ccc2c(c1Cl)CN(CCc1ccccc1)CC2. The monoisotopic (exact) mass is 305 g/mol. The molecule has 2 aromatic rings. The number of fused-ring (bicyclic) bond motifs is 1. The minimum atomic E-state index is 0.662. The summed E-state index contributed by atoms with van der Waals surface area (Å²) >= 11 is 12.5. The summed E-state index contributed by atoms with van der Waals surface area (Å²) in [6.45, 7) is 3.06. The largest absolute Gasteiger partial charge is 0.298 e. The van der Waals surface area contributed by atoms with E-state index in [9.17, 15) is 0 Å². The lowest BCUT2D eigenvalue weighted by Gasteiger charge is -2.29. The average Bonchev–Trinajstić information content (AvgIpc) is 2.50. The van der Waals surface area contributed by atoms with Gasteiger partial charge in [0.2, 0.25) is 0 Å². The van der Waals surface area contributed by atoms with Crippen LogP contribution in [-0.2, 0) is 19.4 Å². The Balaban J connectivity index is 1.68. The van der Waals surface area contributed by atoms with Gasteiger partial charge in [0.25, 0.3) is 0 Å². The van der Waals surface area contributed by atoms with Crippen molar-refractivity contribution in [3.8, 4) is 0 Å². The summed E-state index contributed by atoms with van der Waals surface area (Å²) in [5.74, 6) is 0. The molecule has 0 saturated heterocycles. The summed E-state index contributed by atoms with van der Waals surface area (Å²) in [6.07, 6.45) is 2.13. The van der Waals surface area contributed by atoms with Crippen LogP contribution in [0.2, 0.25) is 10.0 Å². The van der Waals surface area contributed by atoms with Crippen molar-refractivity contribution in [1.29, 1.82) is 0 Å². The highest BCUT2D eigenvalue weighted by Gasteiger charge is 2.19. The second kappa shape index (κ2) is 6.17. The van der Waals surface area contributed by atoms with Crippen LogP contribution in [0.3, 0.4) is 0 Å². The Morgan fingerprint density at radius 2 is 1.80 bits per heavy atom. The molecule has 20 heavy (non-hydrogen) atoms. The zero-order valence-electron chi connectivity index (χ0n) is 11.3. The minimum absolute atomic E-state index is 0.662. The quantitative estimate of drug-likeness (QED) is 0.801. The molecule has 0 fully saturated rings. The molecule has 0 spiro atoms. The summed E-state index contributed by atoms with van der Waals surface area (Å²) in [5.41, 5.74) is 3.93. The zero-order chi connectivity index (χ0) is 13.9. The van der Waals surface area contributed by atoms with Crippen LogP contribution in [0.5, 0.6) is 0 Å². The molecule has 1 aliphatic heterocycles. The lowest BCUT2D eigenvalue weighted by atomic mass is 9.99. The standard InChI is InChI=1S/C17H17Cl2N/c18-16-7-6-14-9-11-20(12-15(14)17(16)19)10-8-13-4-2-1-3-5-13/h1-7H,8-12H2. The molecule has 3 rings (SSSR count). The Kier molecular flexibility index (Phi) is 4.30. The molecule has 1 nitrogen and oxygen atoms in total. The molecule has 0 radical (unpaired) electrons. The maximum absolute atomic E-state index is 6.34. The number of hydrogen-bond acceptors (Lipinski definition) is 1. The van der Waals surface area contributed by atoms with Crippen LogP contribution in [0.1, 0.15) is 16.7 Å². The highest BCUT2D eigenvalue weighted by atomic mass is 35.5. The average molecular weight is 306 g/mol. The van der Waals surface area contributed by atoms with Gasteiger partial charge in [-0.2, -0.15) is 0 Å². The summed E-state index contributed by atoms with van der Waals surface area (Å²) in [4.78, 5) is 2.46. The fourth-order valence-electron chi connectivity index (χ4n) is 2.74. The minimum Gasteiger partial charge on any atom is -0.298 e. The van der Waals surface area contributed by atoms with Gasteiger partial charge in [-0.1, -0.05) is 59.6 Å². The molecular formula is C17H17Cl2N. The van der Waals surface area contributed by atoms with Gasteiger partial charge in [0.15, 0.2) is 0 Å². The van der Waals surface area contributed by atoms with Crippen molar-refractivity contribution in [3.63, 3.8) is 0 Å². The second-order valence-corrected chi connectivity index (χ2v) is 6.05. The molecule has 0 bridgehead atoms.